The molecule has 1 aromatic rings. The van der Waals surface area contributed by atoms with E-state index >= 15 is 0 Å². The summed E-state index contributed by atoms with van der Waals surface area (Å²) in [5.41, 5.74) is 0.908. The predicted molar refractivity (Wildman–Crippen MR) is 82.5 cm³/mol. The molecule has 2 fully saturated rings. The Labute approximate surface area is 130 Å². The zero-order valence-corrected chi connectivity index (χ0v) is 13.4. The highest BCUT2D eigenvalue weighted by Gasteiger charge is 2.33. The first-order valence-electron chi connectivity index (χ1n) is 7.43. The zero-order valence-electron chi connectivity index (χ0n) is 11.8. The summed E-state index contributed by atoms with van der Waals surface area (Å²) < 4.78 is 30.4. The van der Waals surface area contributed by atoms with Crippen LogP contribution in [0.1, 0.15) is 37.3 Å². The maximum atomic E-state index is 12.4. The van der Waals surface area contributed by atoms with Gasteiger partial charge in [-0.15, -0.1) is 0 Å². The minimum Gasteiger partial charge on any atom is -0.379 e. The van der Waals surface area contributed by atoms with Crippen LogP contribution in [0.3, 0.4) is 0 Å². The predicted octanol–water partition coefficient (Wildman–Crippen LogP) is 2.72. The fraction of sp³-hybridized carbons (Fsp3) is 0.600. The summed E-state index contributed by atoms with van der Waals surface area (Å²) in [4.78, 5) is 0.343. The van der Waals surface area contributed by atoms with E-state index in [1.807, 2.05) is 6.07 Å². The van der Waals surface area contributed by atoms with Gasteiger partial charge >= 0.3 is 0 Å². The molecule has 1 N–H and O–H groups in total. The Hall–Kier alpha value is -0.620. The molecule has 1 heterocycles. The van der Waals surface area contributed by atoms with E-state index in [0.717, 1.165) is 44.4 Å². The van der Waals surface area contributed by atoms with Gasteiger partial charge in [0.2, 0.25) is 0 Å². The number of rotatable bonds is 3. The first kappa shape index (κ1) is 15.3. The van der Waals surface area contributed by atoms with Gasteiger partial charge in [0, 0.05) is 11.6 Å². The average Bonchev–Trinajstić information content (AvgIpc) is 2.64. The monoisotopic (exact) mass is 329 g/mol. The summed E-state index contributed by atoms with van der Waals surface area (Å²) in [7, 11) is -3.22. The van der Waals surface area contributed by atoms with Crippen LogP contribution in [0.15, 0.2) is 23.1 Å². The van der Waals surface area contributed by atoms with Gasteiger partial charge in [0.05, 0.1) is 22.8 Å². The molecule has 0 radical (unpaired) electrons. The molecule has 21 heavy (non-hydrogen) atoms. The van der Waals surface area contributed by atoms with Gasteiger partial charge in [0.25, 0.3) is 0 Å². The quantitative estimate of drug-likeness (QED) is 0.926. The molecule has 1 aromatic carbocycles. The van der Waals surface area contributed by atoms with Gasteiger partial charge in [-0.25, -0.2) is 8.42 Å². The lowest BCUT2D eigenvalue weighted by Gasteiger charge is -2.25. The van der Waals surface area contributed by atoms with Crippen LogP contribution in [0.5, 0.6) is 0 Å². The molecular weight excluding hydrogens is 310 g/mol. The average molecular weight is 330 g/mol. The summed E-state index contributed by atoms with van der Waals surface area (Å²) in [5.74, 6) is 0. The largest absolute Gasteiger partial charge is 0.379 e. The molecule has 116 valence electrons. The Kier molecular flexibility index (Phi) is 4.54. The Balaban J connectivity index is 1.85. The second-order valence-electron chi connectivity index (χ2n) is 5.72. The minimum atomic E-state index is -3.22. The lowest BCUT2D eigenvalue weighted by Crippen LogP contribution is -2.28. The smallest absolute Gasteiger partial charge is 0.181 e. The molecule has 0 spiro atoms. The fourth-order valence-corrected chi connectivity index (χ4v) is 5.01. The van der Waals surface area contributed by atoms with Crippen molar-refractivity contribution in [3.05, 3.63) is 28.8 Å². The normalized spacial score (nSPS) is 24.3. The van der Waals surface area contributed by atoms with Crippen LogP contribution >= 0.6 is 11.6 Å². The van der Waals surface area contributed by atoms with Crippen molar-refractivity contribution in [2.24, 2.45) is 0 Å². The number of hydrogen-bond donors (Lipinski definition) is 1. The van der Waals surface area contributed by atoms with E-state index < -0.39 is 9.84 Å². The van der Waals surface area contributed by atoms with Crippen molar-refractivity contribution in [1.29, 1.82) is 0 Å². The number of benzene rings is 1. The zero-order chi connectivity index (χ0) is 14.9. The van der Waals surface area contributed by atoms with Gasteiger partial charge in [-0.3, -0.25) is 0 Å². The molecule has 0 aromatic heterocycles. The Morgan fingerprint density at radius 3 is 2.71 bits per heavy atom. The topological polar surface area (TPSA) is 55.4 Å². The van der Waals surface area contributed by atoms with Gasteiger partial charge in [0.1, 0.15) is 0 Å². The number of nitrogens with one attached hydrogen (secondary N) is 1. The third-order valence-corrected chi connectivity index (χ3v) is 6.89. The van der Waals surface area contributed by atoms with E-state index in [4.69, 9.17) is 16.3 Å². The molecule has 6 heteroatoms. The van der Waals surface area contributed by atoms with Gasteiger partial charge < -0.3 is 10.1 Å². The highest BCUT2D eigenvalue weighted by molar-refractivity contribution is 7.92. The van der Waals surface area contributed by atoms with Crippen molar-refractivity contribution in [2.45, 2.75) is 41.9 Å². The summed E-state index contributed by atoms with van der Waals surface area (Å²) in [6, 6.07) is 5.12. The van der Waals surface area contributed by atoms with Crippen molar-refractivity contribution in [1.82, 2.24) is 5.32 Å². The molecule has 1 saturated heterocycles. The Morgan fingerprint density at radius 2 is 2.05 bits per heavy atom. The first-order valence-corrected chi connectivity index (χ1v) is 9.36. The molecule has 1 unspecified atom stereocenters. The van der Waals surface area contributed by atoms with Crippen LogP contribution in [0.25, 0.3) is 0 Å². The molecule has 2 aliphatic rings. The highest BCUT2D eigenvalue weighted by Crippen LogP contribution is 2.34. The summed E-state index contributed by atoms with van der Waals surface area (Å²) in [6.45, 7) is 2.19. The summed E-state index contributed by atoms with van der Waals surface area (Å²) in [6.07, 6.45) is 3.50. The lowest BCUT2D eigenvalue weighted by atomic mass is 10.00. The standard InChI is InChI=1S/C15H20ClNO3S/c16-14-9-12(21(18,19)11-3-1-4-11)5-6-13(14)15-10-20-8-2-7-17-15/h5-6,9,11,15,17H,1-4,7-8,10H2. The van der Waals surface area contributed by atoms with Crippen molar-refractivity contribution in [3.8, 4) is 0 Å². The van der Waals surface area contributed by atoms with Crippen molar-refractivity contribution in [3.63, 3.8) is 0 Å². The van der Waals surface area contributed by atoms with E-state index in [1.54, 1.807) is 12.1 Å². The van der Waals surface area contributed by atoms with Gasteiger partial charge in [-0.05, 0) is 43.5 Å². The van der Waals surface area contributed by atoms with Gasteiger partial charge in [0.15, 0.2) is 9.84 Å². The van der Waals surface area contributed by atoms with Crippen LogP contribution < -0.4 is 5.32 Å². The lowest BCUT2D eigenvalue weighted by molar-refractivity contribution is 0.131. The molecule has 4 nitrogen and oxygen atoms in total. The third kappa shape index (κ3) is 3.11. The van der Waals surface area contributed by atoms with E-state index in [1.165, 1.54) is 0 Å². The van der Waals surface area contributed by atoms with Gasteiger partial charge in [-0.2, -0.15) is 0 Å². The summed E-state index contributed by atoms with van der Waals surface area (Å²) >= 11 is 6.33. The second-order valence-corrected chi connectivity index (χ2v) is 8.35. The van der Waals surface area contributed by atoms with Crippen LogP contribution in [-0.4, -0.2) is 33.4 Å². The van der Waals surface area contributed by atoms with Crippen LogP contribution in [0.4, 0.5) is 0 Å². The second kappa shape index (κ2) is 6.24. The van der Waals surface area contributed by atoms with E-state index in [0.29, 0.717) is 16.5 Å². The maximum Gasteiger partial charge on any atom is 0.181 e. The number of sulfone groups is 1. The number of hydrogen-bond acceptors (Lipinski definition) is 4. The third-order valence-electron chi connectivity index (χ3n) is 4.31. The van der Waals surface area contributed by atoms with Crippen LogP contribution in [0.2, 0.25) is 5.02 Å². The maximum absolute atomic E-state index is 12.4. The van der Waals surface area contributed by atoms with Crippen molar-refractivity contribution in [2.75, 3.05) is 19.8 Å². The molecular formula is C15H20ClNO3S. The fourth-order valence-electron chi connectivity index (χ4n) is 2.75. The Bertz CT molecular complexity index is 605. The van der Waals surface area contributed by atoms with E-state index in [2.05, 4.69) is 5.32 Å². The number of halogens is 1. The molecule has 1 aliphatic carbocycles. The molecule has 3 rings (SSSR count). The van der Waals surface area contributed by atoms with Gasteiger partial charge in [-0.1, -0.05) is 24.1 Å². The molecule has 0 amide bonds. The summed E-state index contributed by atoms with van der Waals surface area (Å²) in [5, 5.41) is 3.66. The number of ether oxygens (including phenoxy) is 1. The molecule has 1 atom stereocenters. The highest BCUT2D eigenvalue weighted by atomic mass is 35.5. The molecule has 1 aliphatic heterocycles. The van der Waals surface area contributed by atoms with E-state index in [9.17, 15) is 8.42 Å². The van der Waals surface area contributed by atoms with Crippen molar-refractivity contribution >= 4 is 21.4 Å². The van der Waals surface area contributed by atoms with E-state index in [-0.39, 0.29) is 11.3 Å². The molecule has 1 saturated carbocycles. The Morgan fingerprint density at radius 1 is 1.24 bits per heavy atom. The van der Waals surface area contributed by atoms with Crippen molar-refractivity contribution < 1.29 is 13.2 Å². The first-order chi connectivity index (χ1) is 10.1. The molecule has 0 bridgehead atoms. The van der Waals surface area contributed by atoms with Crippen LogP contribution in [0, 0.1) is 0 Å². The minimum absolute atomic E-state index is 0.0282. The van der Waals surface area contributed by atoms with Crippen LogP contribution in [-0.2, 0) is 14.6 Å². The SMILES string of the molecule is O=S(=O)(c1ccc(C2COCCCN2)c(Cl)c1)C1CCC1.